The molecule has 0 radical (unpaired) electrons. The van der Waals surface area contributed by atoms with Crippen LogP contribution in [-0.2, 0) is 4.79 Å². The van der Waals surface area contributed by atoms with Crippen molar-refractivity contribution in [3.05, 3.63) is 0 Å². The van der Waals surface area contributed by atoms with Crippen LogP contribution in [0.2, 0.25) is 0 Å². The van der Waals surface area contributed by atoms with Crippen LogP contribution >= 0.6 is 0 Å². The van der Waals surface area contributed by atoms with E-state index in [1.54, 1.807) is 6.92 Å². The number of nitrogens with zero attached hydrogens (tertiary/aromatic N) is 1. The van der Waals surface area contributed by atoms with E-state index in [4.69, 9.17) is 0 Å². The van der Waals surface area contributed by atoms with Crippen molar-refractivity contribution >= 4 is 12.0 Å². The third-order valence-electron chi connectivity index (χ3n) is 4.28. The fourth-order valence-electron chi connectivity index (χ4n) is 3.01. The summed E-state index contributed by atoms with van der Waals surface area (Å²) in [7, 11) is 0. The van der Waals surface area contributed by atoms with E-state index in [9.17, 15) is 14.7 Å². The summed E-state index contributed by atoms with van der Waals surface area (Å²) in [4.78, 5) is 25.0. The van der Waals surface area contributed by atoms with Crippen LogP contribution in [0.4, 0.5) is 4.79 Å². The average molecular weight is 254 g/mol. The number of amides is 2. The molecule has 102 valence electrons. The number of carboxylic acid groups (broad SMARTS) is 1. The van der Waals surface area contributed by atoms with E-state index in [-0.39, 0.29) is 12.1 Å². The van der Waals surface area contributed by atoms with E-state index in [0.29, 0.717) is 13.0 Å². The van der Waals surface area contributed by atoms with Crippen molar-refractivity contribution in [2.45, 2.75) is 63.5 Å². The minimum Gasteiger partial charge on any atom is -0.480 e. The molecule has 0 aromatic rings. The minimum absolute atomic E-state index is 0.204. The van der Waals surface area contributed by atoms with Crippen LogP contribution in [0.3, 0.4) is 0 Å². The Morgan fingerprint density at radius 1 is 1.22 bits per heavy atom. The van der Waals surface area contributed by atoms with E-state index in [1.807, 2.05) is 0 Å². The maximum Gasteiger partial charge on any atom is 0.329 e. The molecule has 1 saturated heterocycles. The van der Waals surface area contributed by atoms with Crippen LogP contribution < -0.4 is 5.32 Å². The quantitative estimate of drug-likeness (QED) is 0.791. The lowest BCUT2D eigenvalue weighted by Crippen LogP contribution is -2.55. The van der Waals surface area contributed by atoms with Gasteiger partial charge in [-0.1, -0.05) is 19.3 Å². The number of hydrogen-bond acceptors (Lipinski definition) is 2. The second kappa shape index (κ2) is 5.16. The zero-order valence-electron chi connectivity index (χ0n) is 10.9. The van der Waals surface area contributed by atoms with Crippen molar-refractivity contribution in [1.29, 1.82) is 0 Å². The molecule has 5 nitrogen and oxygen atoms in total. The highest BCUT2D eigenvalue weighted by atomic mass is 16.4. The molecule has 2 aliphatic rings. The first kappa shape index (κ1) is 13.2. The molecule has 1 atom stereocenters. The predicted molar refractivity (Wildman–Crippen MR) is 67.4 cm³/mol. The lowest BCUT2D eigenvalue weighted by molar-refractivity contribution is -0.147. The second-order valence-corrected chi connectivity index (χ2v) is 5.62. The number of nitrogens with one attached hydrogen (secondary N) is 1. The molecule has 0 bridgehead atoms. The fourth-order valence-corrected chi connectivity index (χ4v) is 3.01. The predicted octanol–water partition coefficient (Wildman–Crippen LogP) is 1.97. The Balaban J connectivity index is 1.97. The first-order chi connectivity index (χ1) is 8.54. The van der Waals surface area contributed by atoms with Gasteiger partial charge in [-0.3, -0.25) is 0 Å². The van der Waals surface area contributed by atoms with Gasteiger partial charge in [-0.05, 0) is 32.6 Å². The van der Waals surface area contributed by atoms with Crippen LogP contribution in [0.5, 0.6) is 0 Å². The van der Waals surface area contributed by atoms with Crippen molar-refractivity contribution in [1.82, 2.24) is 10.2 Å². The number of hydrogen-bond donors (Lipinski definition) is 2. The van der Waals surface area contributed by atoms with Gasteiger partial charge in [0.25, 0.3) is 0 Å². The molecule has 5 heteroatoms. The Hall–Kier alpha value is -1.26. The number of carbonyl (C=O) groups is 2. The van der Waals surface area contributed by atoms with Crippen molar-refractivity contribution in [2.75, 3.05) is 6.54 Å². The smallest absolute Gasteiger partial charge is 0.329 e. The molecule has 18 heavy (non-hydrogen) atoms. The number of urea groups is 1. The molecule has 2 amide bonds. The van der Waals surface area contributed by atoms with Crippen LogP contribution in [-0.4, -0.2) is 40.1 Å². The highest BCUT2D eigenvalue weighted by Crippen LogP contribution is 2.29. The Morgan fingerprint density at radius 2 is 1.89 bits per heavy atom. The number of rotatable bonds is 2. The van der Waals surface area contributed by atoms with Crippen molar-refractivity contribution in [3.63, 3.8) is 0 Å². The number of carboxylic acids is 1. The maximum atomic E-state index is 12.2. The zero-order chi connectivity index (χ0) is 13.2. The third-order valence-corrected chi connectivity index (χ3v) is 4.28. The second-order valence-electron chi connectivity index (χ2n) is 5.62. The Morgan fingerprint density at radius 3 is 2.50 bits per heavy atom. The van der Waals surface area contributed by atoms with E-state index >= 15 is 0 Å². The van der Waals surface area contributed by atoms with Gasteiger partial charge in [-0.2, -0.15) is 0 Å². The van der Waals surface area contributed by atoms with Crippen molar-refractivity contribution in [2.24, 2.45) is 0 Å². The van der Waals surface area contributed by atoms with Crippen LogP contribution in [0, 0.1) is 0 Å². The van der Waals surface area contributed by atoms with Gasteiger partial charge < -0.3 is 15.3 Å². The topological polar surface area (TPSA) is 69.6 Å². The molecule has 1 saturated carbocycles. The molecule has 0 aromatic heterocycles. The summed E-state index contributed by atoms with van der Waals surface area (Å²) in [5.74, 6) is -0.904. The summed E-state index contributed by atoms with van der Waals surface area (Å²) in [5.41, 5.74) is -1.03. The Kier molecular flexibility index (Phi) is 3.78. The molecule has 1 aliphatic heterocycles. The first-order valence-electron chi connectivity index (χ1n) is 6.85. The molecule has 1 aliphatic carbocycles. The van der Waals surface area contributed by atoms with Crippen LogP contribution in [0.25, 0.3) is 0 Å². The van der Waals surface area contributed by atoms with Crippen molar-refractivity contribution < 1.29 is 14.7 Å². The van der Waals surface area contributed by atoms with Gasteiger partial charge in [0.15, 0.2) is 0 Å². The summed E-state index contributed by atoms with van der Waals surface area (Å²) in [5, 5.41) is 12.3. The van der Waals surface area contributed by atoms with Crippen molar-refractivity contribution in [3.8, 4) is 0 Å². The molecule has 1 unspecified atom stereocenters. The summed E-state index contributed by atoms with van der Waals surface area (Å²) < 4.78 is 0. The van der Waals surface area contributed by atoms with Gasteiger partial charge in [0.05, 0.1) is 0 Å². The largest absolute Gasteiger partial charge is 0.480 e. The lowest BCUT2D eigenvalue weighted by atomic mass is 9.95. The Labute approximate surface area is 108 Å². The zero-order valence-corrected chi connectivity index (χ0v) is 10.9. The third kappa shape index (κ3) is 2.44. The van der Waals surface area contributed by atoms with Gasteiger partial charge in [-0.15, -0.1) is 0 Å². The molecular formula is C13H22N2O3. The summed E-state index contributed by atoms with van der Waals surface area (Å²) in [6, 6.07) is 0.0224. The fraction of sp³-hybridized carbons (Fsp3) is 0.846. The number of likely N-dealkylation sites (tertiary alicyclic amines) is 1. The standard InChI is InChI=1S/C13H22N2O3/c1-13(11(16)17)8-5-9-15(13)12(18)14-10-6-3-2-4-7-10/h10H,2-9H2,1H3,(H,14,18)(H,16,17). The highest BCUT2D eigenvalue weighted by Gasteiger charge is 2.46. The molecule has 2 N–H and O–H groups in total. The molecule has 2 fully saturated rings. The van der Waals surface area contributed by atoms with Gasteiger partial charge in [0.1, 0.15) is 5.54 Å². The van der Waals surface area contributed by atoms with Crippen LogP contribution in [0.15, 0.2) is 0 Å². The Bertz CT molecular complexity index is 339. The number of carbonyl (C=O) groups excluding carboxylic acids is 1. The van der Waals surface area contributed by atoms with E-state index < -0.39 is 11.5 Å². The number of aliphatic carboxylic acids is 1. The summed E-state index contributed by atoms with van der Waals surface area (Å²) in [6.45, 7) is 2.18. The molecule has 1 heterocycles. The van der Waals surface area contributed by atoms with Gasteiger partial charge in [-0.25, -0.2) is 9.59 Å². The molecular weight excluding hydrogens is 232 g/mol. The molecule has 0 aromatic carbocycles. The molecule has 0 spiro atoms. The highest BCUT2D eigenvalue weighted by molar-refractivity contribution is 5.86. The first-order valence-corrected chi connectivity index (χ1v) is 6.85. The summed E-state index contributed by atoms with van der Waals surface area (Å²) >= 11 is 0. The van der Waals surface area contributed by atoms with Gasteiger partial charge in [0.2, 0.25) is 0 Å². The normalized spacial score (nSPS) is 29.3. The van der Waals surface area contributed by atoms with Gasteiger partial charge in [0, 0.05) is 12.6 Å². The lowest BCUT2D eigenvalue weighted by Gasteiger charge is -2.33. The molecule has 2 rings (SSSR count). The summed E-state index contributed by atoms with van der Waals surface area (Å²) in [6.07, 6.45) is 6.89. The van der Waals surface area contributed by atoms with Crippen LogP contribution in [0.1, 0.15) is 51.9 Å². The van der Waals surface area contributed by atoms with E-state index in [2.05, 4.69) is 5.32 Å². The SMILES string of the molecule is CC1(C(=O)O)CCCN1C(=O)NC1CCCCC1. The van der Waals surface area contributed by atoms with E-state index in [1.165, 1.54) is 11.3 Å². The average Bonchev–Trinajstić information content (AvgIpc) is 2.74. The minimum atomic E-state index is -1.03. The monoisotopic (exact) mass is 254 g/mol. The van der Waals surface area contributed by atoms with E-state index in [0.717, 1.165) is 32.1 Å². The maximum absolute atomic E-state index is 12.2. The van der Waals surface area contributed by atoms with Gasteiger partial charge >= 0.3 is 12.0 Å².